The highest BCUT2D eigenvalue weighted by molar-refractivity contribution is 6.42. The number of nitrogens with one attached hydrogen (secondary N) is 1. The number of halogens is 2. The molecule has 0 aliphatic carbocycles. The van der Waals surface area contributed by atoms with Crippen molar-refractivity contribution in [3.05, 3.63) is 69.7 Å². The molecule has 164 valence electrons. The molecule has 1 aliphatic heterocycles. The molecular weight excluding hydrogens is 439 g/mol. The molecule has 1 atom stereocenters. The van der Waals surface area contributed by atoms with Crippen LogP contribution in [0.3, 0.4) is 0 Å². The first kappa shape index (κ1) is 23.1. The van der Waals surface area contributed by atoms with E-state index in [1.165, 1.54) is 21.9 Å². The van der Waals surface area contributed by atoms with E-state index < -0.39 is 18.0 Å². The average Bonchev–Trinajstić information content (AvgIpc) is 3.23. The zero-order chi connectivity index (χ0) is 22.4. The molecule has 2 aromatic rings. The van der Waals surface area contributed by atoms with Crippen LogP contribution in [0.4, 0.5) is 0 Å². The lowest BCUT2D eigenvalue weighted by molar-refractivity contribution is -0.141. The Labute approximate surface area is 191 Å². The molecule has 3 amide bonds. The van der Waals surface area contributed by atoms with Gasteiger partial charge in [0.05, 0.1) is 10.0 Å². The third-order valence-electron chi connectivity index (χ3n) is 5.07. The van der Waals surface area contributed by atoms with Gasteiger partial charge >= 0.3 is 0 Å². The van der Waals surface area contributed by atoms with Gasteiger partial charge in [-0.05, 0) is 30.2 Å². The maximum absolute atomic E-state index is 13.1. The summed E-state index contributed by atoms with van der Waals surface area (Å²) in [5.74, 6) is -1.03. The van der Waals surface area contributed by atoms with Crippen LogP contribution in [0.5, 0.6) is 0 Å². The van der Waals surface area contributed by atoms with Gasteiger partial charge in [0.2, 0.25) is 5.91 Å². The van der Waals surface area contributed by atoms with Gasteiger partial charge in [-0.2, -0.15) is 0 Å². The fraction of sp³-hybridized carbons (Fsp3) is 0.318. The molecule has 0 aromatic heterocycles. The minimum absolute atomic E-state index is 0.193. The second kappa shape index (κ2) is 10.6. The van der Waals surface area contributed by atoms with Crippen LogP contribution in [0.2, 0.25) is 10.0 Å². The van der Waals surface area contributed by atoms with Gasteiger partial charge < -0.3 is 20.9 Å². The van der Waals surface area contributed by atoms with E-state index >= 15 is 0 Å². The molecule has 9 heteroatoms. The maximum Gasteiger partial charge on any atom is 0.263 e. The number of amides is 3. The third-order valence-corrected chi connectivity index (χ3v) is 5.81. The van der Waals surface area contributed by atoms with Gasteiger partial charge in [-0.15, -0.1) is 0 Å². The minimum Gasteiger partial charge on any atom is -0.351 e. The number of aryl methyl sites for hydroxylation is 1. The second-order valence-electron chi connectivity index (χ2n) is 7.15. The normalized spacial score (nSPS) is 15.8. The van der Waals surface area contributed by atoms with Gasteiger partial charge in [-0.25, -0.2) is 0 Å². The van der Waals surface area contributed by atoms with E-state index in [2.05, 4.69) is 5.32 Å². The SMILES string of the molecule is NCCNC(=O)C1N(C(=O)CCc2ccccc2)CCN1C(=O)c1ccc(Cl)c(Cl)c1. The summed E-state index contributed by atoms with van der Waals surface area (Å²) in [6.07, 6.45) is -0.259. The lowest BCUT2D eigenvalue weighted by Gasteiger charge is -2.29. The molecule has 3 rings (SSSR count). The molecular formula is C22H24Cl2N4O3. The van der Waals surface area contributed by atoms with E-state index in [1.54, 1.807) is 6.07 Å². The summed E-state index contributed by atoms with van der Waals surface area (Å²) in [5, 5.41) is 3.26. The second-order valence-corrected chi connectivity index (χ2v) is 7.97. The number of rotatable bonds is 7. The summed E-state index contributed by atoms with van der Waals surface area (Å²) in [6.45, 7) is 0.996. The van der Waals surface area contributed by atoms with Crippen molar-refractivity contribution in [3.8, 4) is 0 Å². The van der Waals surface area contributed by atoms with Crippen molar-refractivity contribution < 1.29 is 14.4 Å². The molecule has 0 bridgehead atoms. The minimum atomic E-state index is -1.04. The van der Waals surface area contributed by atoms with E-state index in [9.17, 15) is 14.4 Å². The molecule has 0 spiro atoms. The highest BCUT2D eigenvalue weighted by Crippen LogP contribution is 2.25. The summed E-state index contributed by atoms with van der Waals surface area (Å²) in [7, 11) is 0. The number of hydrogen-bond acceptors (Lipinski definition) is 4. The predicted octanol–water partition coefficient (Wildman–Crippen LogP) is 2.31. The summed E-state index contributed by atoms with van der Waals surface area (Å²) in [4.78, 5) is 41.8. The Kier molecular flexibility index (Phi) is 7.90. The predicted molar refractivity (Wildman–Crippen MR) is 120 cm³/mol. The Morgan fingerprint density at radius 2 is 1.71 bits per heavy atom. The van der Waals surface area contributed by atoms with Crippen molar-refractivity contribution >= 4 is 40.9 Å². The molecule has 0 radical (unpaired) electrons. The fourth-order valence-electron chi connectivity index (χ4n) is 3.51. The molecule has 0 saturated carbocycles. The molecule has 1 saturated heterocycles. The zero-order valence-corrected chi connectivity index (χ0v) is 18.4. The maximum atomic E-state index is 13.1. The van der Waals surface area contributed by atoms with E-state index in [1.807, 2.05) is 30.3 Å². The highest BCUT2D eigenvalue weighted by atomic mass is 35.5. The lowest BCUT2D eigenvalue weighted by atomic mass is 10.1. The summed E-state index contributed by atoms with van der Waals surface area (Å²) >= 11 is 12.0. The Hall–Kier alpha value is -2.61. The van der Waals surface area contributed by atoms with Gasteiger partial charge in [0.25, 0.3) is 11.8 Å². The molecule has 1 unspecified atom stereocenters. The van der Waals surface area contributed by atoms with Crippen molar-refractivity contribution in [1.29, 1.82) is 0 Å². The van der Waals surface area contributed by atoms with Crippen LogP contribution in [0, 0.1) is 0 Å². The number of benzene rings is 2. The summed E-state index contributed by atoms with van der Waals surface area (Å²) < 4.78 is 0. The van der Waals surface area contributed by atoms with Crippen LogP contribution in [0.25, 0.3) is 0 Å². The van der Waals surface area contributed by atoms with Gasteiger partial charge in [-0.1, -0.05) is 53.5 Å². The summed E-state index contributed by atoms with van der Waals surface area (Å²) in [5.41, 5.74) is 6.82. The number of nitrogens with zero attached hydrogens (tertiary/aromatic N) is 2. The monoisotopic (exact) mass is 462 g/mol. The van der Waals surface area contributed by atoms with E-state index in [-0.39, 0.29) is 43.5 Å². The Morgan fingerprint density at radius 1 is 1.00 bits per heavy atom. The van der Waals surface area contributed by atoms with Crippen LogP contribution < -0.4 is 11.1 Å². The Balaban J connectivity index is 1.79. The lowest BCUT2D eigenvalue weighted by Crippen LogP contribution is -2.54. The van der Waals surface area contributed by atoms with Gasteiger partial charge in [0.15, 0.2) is 6.17 Å². The Morgan fingerprint density at radius 3 is 2.39 bits per heavy atom. The topological polar surface area (TPSA) is 95.7 Å². The number of carbonyl (C=O) groups excluding carboxylic acids is 3. The molecule has 1 aliphatic rings. The first-order chi connectivity index (χ1) is 14.9. The zero-order valence-electron chi connectivity index (χ0n) is 16.9. The third kappa shape index (κ3) is 5.55. The van der Waals surface area contributed by atoms with Crippen molar-refractivity contribution in [2.24, 2.45) is 5.73 Å². The molecule has 3 N–H and O–H groups in total. The molecule has 1 fully saturated rings. The first-order valence-electron chi connectivity index (χ1n) is 9.99. The number of carbonyl (C=O) groups is 3. The van der Waals surface area contributed by atoms with Crippen molar-refractivity contribution in [2.45, 2.75) is 19.0 Å². The number of nitrogens with two attached hydrogens (primary N) is 1. The van der Waals surface area contributed by atoms with Crippen molar-refractivity contribution in [1.82, 2.24) is 15.1 Å². The van der Waals surface area contributed by atoms with E-state index in [0.717, 1.165) is 5.56 Å². The quantitative estimate of drug-likeness (QED) is 0.659. The molecule has 2 aromatic carbocycles. The smallest absolute Gasteiger partial charge is 0.263 e. The van der Waals surface area contributed by atoms with Crippen LogP contribution >= 0.6 is 23.2 Å². The molecule has 7 nitrogen and oxygen atoms in total. The van der Waals surface area contributed by atoms with Gasteiger partial charge in [0, 0.05) is 38.2 Å². The van der Waals surface area contributed by atoms with Crippen molar-refractivity contribution in [3.63, 3.8) is 0 Å². The van der Waals surface area contributed by atoms with E-state index in [4.69, 9.17) is 28.9 Å². The highest BCUT2D eigenvalue weighted by Gasteiger charge is 2.42. The number of hydrogen-bond donors (Lipinski definition) is 2. The van der Waals surface area contributed by atoms with E-state index in [0.29, 0.717) is 17.0 Å². The van der Waals surface area contributed by atoms with Gasteiger partial charge in [0.1, 0.15) is 0 Å². The van der Waals surface area contributed by atoms with Crippen molar-refractivity contribution in [2.75, 3.05) is 26.2 Å². The fourth-order valence-corrected chi connectivity index (χ4v) is 3.80. The van der Waals surface area contributed by atoms with Crippen LogP contribution in [0.15, 0.2) is 48.5 Å². The largest absolute Gasteiger partial charge is 0.351 e. The summed E-state index contributed by atoms with van der Waals surface area (Å²) in [6, 6.07) is 14.2. The van der Waals surface area contributed by atoms with Gasteiger partial charge in [-0.3, -0.25) is 14.4 Å². The van der Waals surface area contributed by atoms with Crippen LogP contribution in [-0.2, 0) is 16.0 Å². The van der Waals surface area contributed by atoms with Crippen LogP contribution in [0.1, 0.15) is 22.3 Å². The molecule has 31 heavy (non-hydrogen) atoms. The average molecular weight is 463 g/mol. The standard InChI is InChI=1S/C22H24Cl2N4O3/c23-17-8-7-16(14-18(17)24)22(31)28-13-12-27(21(28)20(30)26-11-10-25)19(29)9-6-15-4-2-1-3-5-15/h1-5,7-8,14,21H,6,9-13,25H2,(H,26,30). The Bertz CT molecular complexity index is 955. The molecule has 1 heterocycles. The first-order valence-corrected chi connectivity index (χ1v) is 10.7. The van der Waals surface area contributed by atoms with Crippen LogP contribution in [-0.4, -0.2) is 59.9 Å².